The number of aliphatic hydroxyl groups is 1. The minimum Gasteiger partial charge on any atom is -0.444 e. The van der Waals surface area contributed by atoms with Crippen LogP contribution in [0.3, 0.4) is 0 Å². The average Bonchev–Trinajstić information content (AvgIpc) is 2.30. The van der Waals surface area contributed by atoms with Gasteiger partial charge in [0.1, 0.15) is 5.60 Å². The Bertz CT molecular complexity index is 445. The zero-order valence-electron chi connectivity index (χ0n) is 14.2. The Morgan fingerprint density at radius 2 is 1.95 bits per heavy atom. The van der Waals surface area contributed by atoms with Gasteiger partial charge in [0, 0.05) is 18.5 Å². The SMILES string of the molecule is C=C(/C=C\C)C1(O)CCN(C(=O)OC(C)(C)C)CC1(C)C. The van der Waals surface area contributed by atoms with Crippen molar-refractivity contribution in [3.8, 4) is 0 Å². The molecule has 1 N–H and O–H groups in total. The number of piperidine rings is 1. The third kappa shape index (κ3) is 3.88. The lowest BCUT2D eigenvalue weighted by molar-refractivity contribution is -0.0896. The van der Waals surface area contributed by atoms with Gasteiger partial charge in [0.2, 0.25) is 0 Å². The number of carbonyl (C=O) groups excluding carboxylic acids is 1. The Labute approximate surface area is 128 Å². The van der Waals surface area contributed by atoms with E-state index in [9.17, 15) is 9.90 Å². The van der Waals surface area contributed by atoms with E-state index < -0.39 is 16.6 Å². The Hall–Kier alpha value is -1.29. The highest BCUT2D eigenvalue weighted by Crippen LogP contribution is 2.43. The van der Waals surface area contributed by atoms with E-state index in [1.54, 1.807) is 4.90 Å². The van der Waals surface area contributed by atoms with Gasteiger partial charge in [-0.25, -0.2) is 4.79 Å². The van der Waals surface area contributed by atoms with Crippen LogP contribution in [0.5, 0.6) is 0 Å². The van der Waals surface area contributed by atoms with Crippen molar-refractivity contribution in [1.82, 2.24) is 4.90 Å². The summed E-state index contributed by atoms with van der Waals surface area (Å²) >= 11 is 0. The summed E-state index contributed by atoms with van der Waals surface area (Å²) in [5, 5.41) is 11.0. The first kappa shape index (κ1) is 17.8. The van der Waals surface area contributed by atoms with Gasteiger partial charge >= 0.3 is 6.09 Å². The number of carbonyl (C=O) groups is 1. The molecule has 21 heavy (non-hydrogen) atoms. The molecule has 0 bridgehead atoms. The number of hydrogen-bond acceptors (Lipinski definition) is 3. The number of nitrogens with zero attached hydrogens (tertiary/aromatic N) is 1. The number of ether oxygens (including phenoxy) is 1. The molecule has 120 valence electrons. The summed E-state index contributed by atoms with van der Waals surface area (Å²) in [4.78, 5) is 13.9. The number of likely N-dealkylation sites (tertiary alicyclic amines) is 1. The lowest BCUT2D eigenvalue weighted by Crippen LogP contribution is -2.59. The van der Waals surface area contributed by atoms with Crippen molar-refractivity contribution >= 4 is 6.09 Å². The summed E-state index contributed by atoms with van der Waals surface area (Å²) in [5.74, 6) is 0. The van der Waals surface area contributed by atoms with Crippen molar-refractivity contribution < 1.29 is 14.6 Å². The standard InChI is InChI=1S/C17H29NO3/c1-8-9-13(2)17(20)10-11-18(12-16(17,6)7)14(19)21-15(3,4)5/h8-9,20H,2,10-12H2,1,3-7H3/b9-8-. The van der Waals surface area contributed by atoms with Crippen LogP contribution in [0.25, 0.3) is 0 Å². The van der Waals surface area contributed by atoms with Crippen molar-refractivity contribution in [3.63, 3.8) is 0 Å². The second-order valence-corrected chi connectivity index (χ2v) is 7.42. The molecular weight excluding hydrogens is 266 g/mol. The van der Waals surface area contributed by atoms with Crippen molar-refractivity contribution in [3.05, 3.63) is 24.3 Å². The minimum atomic E-state index is -1.00. The Kier molecular flexibility index (Phi) is 4.94. The second-order valence-electron chi connectivity index (χ2n) is 7.42. The first-order valence-electron chi connectivity index (χ1n) is 7.45. The normalized spacial score (nSPS) is 26.0. The van der Waals surface area contributed by atoms with Gasteiger partial charge in [-0.05, 0) is 39.7 Å². The Morgan fingerprint density at radius 1 is 1.38 bits per heavy atom. The molecule has 0 radical (unpaired) electrons. The molecule has 1 atom stereocenters. The maximum Gasteiger partial charge on any atom is 0.410 e. The maximum atomic E-state index is 12.2. The fourth-order valence-electron chi connectivity index (χ4n) is 2.74. The van der Waals surface area contributed by atoms with Crippen LogP contribution in [0, 0.1) is 5.41 Å². The smallest absolute Gasteiger partial charge is 0.410 e. The van der Waals surface area contributed by atoms with Crippen molar-refractivity contribution in [2.24, 2.45) is 5.41 Å². The van der Waals surface area contributed by atoms with Crippen LogP contribution in [0.4, 0.5) is 4.79 Å². The van der Waals surface area contributed by atoms with E-state index in [0.29, 0.717) is 25.1 Å². The molecule has 1 fully saturated rings. The van der Waals surface area contributed by atoms with Crippen LogP contribution in [0.15, 0.2) is 24.3 Å². The second kappa shape index (κ2) is 5.84. The lowest BCUT2D eigenvalue weighted by Gasteiger charge is -2.50. The van der Waals surface area contributed by atoms with Gasteiger partial charge in [0.15, 0.2) is 0 Å². The van der Waals surface area contributed by atoms with Crippen LogP contribution in [-0.4, -0.2) is 40.4 Å². The minimum absolute atomic E-state index is 0.325. The molecule has 1 rings (SSSR count). The van der Waals surface area contributed by atoms with E-state index in [4.69, 9.17) is 4.74 Å². The number of hydrogen-bond donors (Lipinski definition) is 1. The molecule has 0 spiro atoms. The highest BCUT2D eigenvalue weighted by atomic mass is 16.6. The molecular formula is C17H29NO3. The summed E-state index contributed by atoms with van der Waals surface area (Å²) in [6.07, 6.45) is 3.85. The molecule has 0 aromatic carbocycles. The number of amides is 1. The van der Waals surface area contributed by atoms with Gasteiger partial charge in [-0.3, -0.25) is 0 Å². The van der Waals surface area contributed by atoms with Gasteiger partial charge < -0.3 is 14.7 Å². The first-order chi connectivity index (χ1) is 9.43. The van der Waals surface area contributed by atoms with Crippen molar-refractivity contribution in [2.45, 2.75) is 59.2 Å². The van der Waals surface area contributed by atoms with E-state index in [0.717, 1.165) is 0 Å². The predicted octanol–water partition coefficient (Wildman–Crippen LogP) is 3.52. The summed E-state index contributed by atoms with van der Waals surface area (Å²) in [6.45, 7) is 16.3. The topological polar surface area (TPSA) is 49.8 Å². The summed E-state index contributed by atoms with van der Waals surface area (Å²) in [6, 6.07) is 0. The van der Waals surface area contributed by atoms with E-state index in [-0.39, 0.29) is 6.09 Å². The lowest BCUT2D eigenvalue weighted by atomic mass is 9.66. The quantitative estimate of drug-likeness (QED) is 0.793. The molecule has 4 nitrogen and oxygen atoms in total. The zero-order valence-corrected chi connectivity index (χ0v) is 14.2. The Morgan fingerprint density at radius 3 is 2.38 bits per heavy atom. The van der Waals surface area contributed by atoms with Crippen LogP contribution < -0.4 is 0 Å². The molecule has 0 aromatic rings. The van der Waals surface area contributed by atoms with Crippen molar-refractivity contribution in [1.29, 1.82) is 0 Å². The average molecular weight is 295 g/mol. The van der Waals surface area contributed by atoms with E-state index in [1.807, 2.05) is 53.7 Å². The van der Waals surface area contributed by atoms with Crippen molar-refractivity contribution in [2.75, 3.05) is 13.1 Å². The van der Waals surface area contributed by atoms with Crippen LogP contribution >= 0.6 is 0 Å². The van der Waals surface area contributed by atoms with Gasteiger partial charge in [0.05, 0.1) is 5.60 Å². The molecule has 0 aliphatic carbocycles. The van der Waals surface area contributed by atoms with Crippen LogP contribution in [0.1, 0.15) is 48.0 Å². The summed E-state index contributed by atoms with van der Waals surface area (Å²) in [5.41, 5.74) is -1.31. The number of rotatable bonds is 2. The summed E-state index contributed by atoms with van der Waals surface area (Å²) in [7, 11) is 0. The molecule has 1 saturated heterocycles. The highest BCUT2D eigenvalue weighted by Gasteiger charge is 2.50. The molecule has 4 heteroatoms. The first-order valence-corrected chi connectivity index (χ1v) is 7.45. The summed E-state index contributed by atoms with van der Waals surface area (Å²) < 4.78 is 5.42. The van der Waals surface area contributed by atoms with Crippen LogP contribution in [-0.2, 0) is 4.74 Å². The molecule has 1 aliphatic rings. The molecule has 1 unspecified atom stereocenters. The molecule has 1 aliphatic heterocycles. The Balaban J connectivity index is 2.88. The third-order valence-corrected chi connectivity index (χ3v) is 4.00. The molecule has 0 aromatic heterocycles. The van der Waals surface area contributed by atoms with E-state index >= 15 is 0 Å². The molecule has 1 heterocycles. The van der Waals surface area contributed by atoms with Gasteiger partial charge in [0.25, 0.3) is 0 Å². The van der Waals surface area contributed by atoms with Crippen LogP contribution in [0.2, 0.25) is 0 Å². The van der Waals surface area contributed by atoms with E-state index in [1.165, 1.54) is 0 Å². The predicted molar refractivity (Wildman–Crippen MR) is 85.1 cm³/mol. The highest BCUT2D eigenvalue weighted by molar-refractivity contribution is 5.68. The van der Waals surface area contributed by atoms with Gasteiger partial charge in [-0.2, -0.15) is 0 Å². The monoisotopic (exact) mass is 295 g/mol. The maximum absolute atomic E-state index is 12.2. The van der Waals surface area contributed by atoms with Gasteiger partial charge in [-0.15, -0.1) is 0 Å². The fourth-order valence-corrected chi connectivity index (χ4v) is 2.74. The largest absolute Gasteiger partial charge is 0.444 e. The van der Waals surface area contributed by atoms with E-state index in [2.05, 4.69) is 6.58 Å². The molecule has 1 amide bonds. The third-order valence-electron chi connectivity index (χ3n) is 4.00. The zero-order chi connectivity index (χ0) is 16.5. The number of allylic oxidation sites excluding steroid dienone is 1. The fraction of sp³-hybridized carbons (Fsp3) is 0.706. The molecule has 0 saturated carbocycles. The van der Waals surface area contributed by atoms with Gasteiger partial charge in [-0.1, -0.05) is 32.6 Å².